The second-order valence-corrected chi connectivity index (χ2v) is 4.33. The number of ether oxygens (including phenoxy) is 1. The fraction of sp³-hybridized carbons (Fsp3) is 0.875. The molecule has 9 nitrogen and oxygen atoms in total. The van der Waals surface area contributed by atoms with Crippen LogP contribution in [0.4, 0.5) is 0 Å². The normalized spacial score (nSPS) is 41.6. The first kappa shape index (κ1) is 13.9. The molecule has 5 unspecified atom stereocenters. The molecule has 0 aromatic heterocycles. The Morgan fingerprint density at radius 1 is 1.56 bits per heavy atom. The van der Waals surface area contributed by atoms with Gasteiger partial charge in [-0.1, -0.05) is 0 Å². The summed E-state index contributed by atoms with van der Waals surface area (Å²) in [5, 5.41) is 29.8. The van der Waals surface area contributed by atoms with Crippen molar-refractivity contribution in [3.8, 4) is 0 Å². The van der Waals surface area contributed by atoms with Gasteiger partial charge in [0.2, 0.25) is 0 Å². The first-order valence-corrected chi connectivity index (χ1v) is 5.78. The lowest BCUT2D eigenvalue weighted by Crippen LogP contribution is -2.55. The maximum Gasteiger partial charge on any atom is 0.174 e. The SMILES string of the molecule is NC(NCl)C1N=CN(C2O[C@H](CO)C(O)C2O)N1. The molecule has 2 aliphatic heterocycles. The van der Waals surface area contributed by atoms with Crippen molar-refractivity contribution in [2.45, 2.75) is 36.9 Å². The van der Waals surface area contributed by atoms with Gasteiger partial charge < -0.3 is 25.8 Å². The number of hydrogen-bond acceptors (Lipinski definition) is 9. The highest BCUT2D eigenvalue weighted by Gasteiger charge is 2.46. The van der Waals surface area contributed by atoms with Crippen LogP contribution in [0.3, 0.4) is 0 Å². The third kappa shape index (κ3) is 2.44. The Kier molecular flexibility index (Phi) is 4.35. The first-order chi connectivity index (χ1) is 8.58. The molecule has 6 atom stereocenters. The number of aliphatic hydroxyl groups is 3. The van der Waals surface area contributed by atoms with E-state index in [1.165, 1.54) is 11.3 Å². The number of aliphatic hydroxyl groups excluding tert-OH is 3. The van der Waals surface area contributed by atoms with E-state index >= 15 is 0 Å². The molecule has 18 heavy (non-hydrogen) atoms. The van der Waals surface area contributed by atoms with Crippen LogP contribution in [0.5, 0.6) is 0 Å². The van der Waals surface area contributed by atoms with Crippen LogP contribution in [0.2, 0.25) is 0 Å². The van der Waals surface area contributed by atoms with E-state index in [1.54, 1.807) is 0 Å². The molecule has 0 bridgehead atoms. The van der Waals surface area contributed by atoms with Gasteiger partial charge in [-0.05, 0) is 11.8 Å². The van der Waals surface area contributed by atoms with Gasteiger partial charge in [0.15, 0.2) is 6.23 Å². The second kappa shape index (κ2) is 5.63. The second-order valence-electron chi connectivity index (χ2n) is 4.11. The van der Waals surface area contributed by atoms with Crippen LogP contribution in [0.1, 0.15) is 0 Å². The zero-order valence-electron chi connectivity index (χ0n) is 9.35. The molecule has 0 aromatic carbocycles. The standard InChI is InChI=1S/C8H16ClN5O4/c9-12-6(10)7-11-2-14(13-7)8-5(17)4(16)3(1-15)18-8/h2-8,12-13,15-17H,1,10H2/t3-,4?,5?,6?,7?,8?/m1/s1. The number of nitrogens with zero attached hydrogens (tertiary/aromatic N) is 2. The Labute approximate surface area is 108 Å². The molecule has 0 aliphatic carbocycles. The van der Waals surface area contributed by atoms with Crippen LogP contribution in [-0.2, 0) is 4.74 Å². The molecule has 104 valence electrons. The fourth-order valence-corrected chi connectivity index (χ4v) is 1.96. The number of halogens is 1. The molecule has 2 aliphatic rings. The molecule has 0 spiro atoms. The van der Waals surface area contributed by atoms with E-state index in [1.807, 2.05) is 0 Å². The first-order valence-electron chi connectivity index (χ1n) is 5.40. The Hall–Kier alpha value is -0.520. The average molecular weight is 282 g/mol. The number of nitrogens with one attached hydrogen (secondary N) is 2. The number of hydrazine groups is 1. The van der Waals surface area contributed by atoms with Crippen LogP contribution in [0.15, 0.2) is 4.99 Å². The van der Waals surface area contributed by atoms with Crippen molar-refractivity contribution in [1.29, 1.82) is 0 Å². The van der Waals surface area contributed by atoms with E-state index in [-0.39, 0.29) is 6.61 Å². The maximum atomic E-state index is 9.80. The van der Waals surface area contributed by atoms with E-state index in [0.29, 0.717) is 0 Å². The van der Waals surface area contributed by atoms with Crippen molar-refractivity contribution in [3.63, 3.8) is 0 Å². The highest BCUT2D eigenvalue weighted by atomic mass is 35.5. The third-order valence-electron chi connectivity index (χ3n) is 2.89. The van der Waals surface area contributed by atoms with E-state index in [0.717, 1.165) is 0 Å². The summed E-state index contributed by atoms with van der Waals surface area (Å²) in [7, 11) is 0. The predicted octanol–water partition coefficient (Wildman–Crippen LogP) is -3.37. The van der Waals surface area contributed by atoms with Crippen molar-refractivity contribution in [1.82, 2.24) is 15.3 Å². The molecule has 1 fully saturated rings. The fourth-order valence-electron chi connectivity index (χ4n) is 1.84. The zero-order valence-corrected chi connectivity index (χ0v) is 10.1. The smallest absolute Gasteiger partial charge is 0.174 e. The van der Waals surface area contributed by atoms with Gasteiger partial charge in [-0.2, -0.15) is 0 Å². The quantitative estimate of drug-likeness (QED) is 0.232. The Morgan fingerprint density at radius 2 is 2.28 bits per heavy atom. The molecule has 2 heterocycles. The van der Waals surface area contributed by atoms with Crippen molar-refractivity contribution in [2.75, 3.05) is 6.61 Å². The van der Waals surface area contributed by atoms with E-state index in [4.69, 9.17) is 27.4 Å². The lowest BCUT2D eigenvalue weighted by Gasteiger charge is -2.27. The molecule has 1 saturated heterocycles. The molecule has 7 N–H and O–H groups in total. The van der Waals surface area contributed by atoms with Crippen molar-refractivity contribution in [3.05, 3.63) is 0 Å². The lowest BCUT2D eigenvalue weighted by atomic mass is 10.1. The van der Waals surface area contributed by atoms with Crippen LogP contribution in [0.25, 0.3) is 0 Å². The molecule has 0 amide bonds. The largest absolute Gasteiger partial charge is 0.394 e. The number of hydrogen-bond donors (Lipinski definition) is 6. The molecule has 0 aromatic rings. The van der Waals surface area contributed by atoms with Crippen molar-refractivity contribution in [2.24, 2.45) is 10.7 Å². The molecule has 0 saturated carbocycles. The maximum absolute atomic E-state index is 9.80. The summed E-state index contributed by atoms with van der Waals surface area (Å²) < 4.78 is 5.31. The topological polar surface area (TPSA) is 136 Å². The summed E-state index contributed by atoms with van der Waals surface area (Å²) in [6.07, 6.45) is -3.76. The Bertz CT molecular complexity index is 322. The summed E-state index contributed by atoms with van der Waals surface area (Å²) in [6, 6.07) is 0. The summed E-state index contributed by atoms with van der Waals surface area (Å²) in [4.78, 5) is 6.34. The van der Waals surface area contributed by atoms with Gasteiger partial charge in [0.1, 0.15) is 37.0 Å². The van der Waals surface area contributed by atoms with Gasteiger partial charge in [-0.15, -0.1) is 0 Å². The highest BCUT2D eigenvalue weighted by molar-refractivity contribution is 6.13. The van der Waals surface area contributed by atoms with E-state index in [9.17, 15) is 10.2 Å². The van der Waals surface area contributed by atoms with Gasteiger partial charge in [0.25, 0.3) is 0 Å². The van der Waals surface area contributed by atoms with Gasteiger partial charge >= 0.3 is 0 Å². The summed E-state index contributed by atoms with van der Waals surface area (Å²) in [6.45, 7) is -0.383. The van der Waals surface area contributed by atoms with Crippen LogP contribution >= 0.6 is 11.8 Å². The van der Waals surface area contributed by atoms with Gasteiger partial charge in [-0.3, -0.25) is 10.0 Å². The molecule has 2 rings (SSSR count). The lowest BCUT2D eigenvalue weighted by molar-refractivity contribution is -0.0848. The van der Waals surface area contributed by atoms with Crippen molar-refractivity contribution >= 4 is 18.1 Å². The van der Waals surface area contributed by atoms with Crippen LogP contribution < -0.4 is 16.0 Å². The van der Waals surface area contributed by atoms with E-state index < -0.39 is 36.9 Å². The Morgan fingerprint density at radius 3 is 2.83 bits per heavy atom. The monoisotopic (exact) mass is 281 g/mol. The minimum absolute atomic E-state index is 0.383. The number of rotatable bonds is 4. The van der Waals surface area contributed by atoms with Crippen molar-refractivity contribution < 1.29 is 20.1 Å². The minimum Gasteiger partial charge on any atom is -0.394 e. The minimum atomic E-state index is -1.17. The van der Waals surface area contributed by atoms with Crippen LogP contribution in [-0.4, -0.2) is 70.1 Å². The van der Waals surface area contributed by atoms with Gasteiger partial charge in [-0.25, -0.2) is 10.3 Å². The number of aliphatic imine (C=N–C) groups is 1. The van der Waals surface area contributed by atoms with Gasteiger partial charge in [0, 0.05) is 0 Å². The molecular formula is C8H16ClN5O4. The van der Waals surface area contributed by atoms with Crippen LogP contribution in [0, 0.1) is 0 Å². The highest BCUT2D eigenvalue weighted by Crippen LogP contribution is 2.23. The third-order valence-corrected chi connectivity index (χ3v) is 3.14. The van der Waals surface area contributed by atoms with E-state index in [2.05, 4.69) is 15.3 Å². The summed E-state index contributed by atoms with van der Waals surface area (Å²) in [5.74, 6) is 0. The predicted molar refractivity (Wildman–Crippen MR) is 62.0 cm³/mol. The van der Waals surface area contributed by atoms with Gasteiger partial charge in [0.05, 0.1) is 6.61 Å². The zero-order chi connectivity index (χ0) is 13.3. The molecule has 0 radical (unpaired) electrons. The molecular weight excluding hydrogens is 266 g/mol. The number of nitrogens with two attached hydrogens (primary N) is 1. The molecule has 10 heteroatoms. The summed E-state index contributed by atoms with van der Waals surface area (Å²) in [5.41, 5.74) is 8.46. The Balaban J connectivity index is 1.97. The average Bonchev–Trinajstić information content (AvgIpc) is 2.96. The summed E-state index contributed by atoms with van der Waals surface area (Å²) >= 11 is 5.38.